The summed E-state index contributed by atoms with van der Waals surface area (Å²) in [5.41, 5.74) is 0. The van der Waals surface area contributed by atoms with Crippen LogP contribution in [-0.2, 0) is 0 Å². The van der Waals surface area contributed by atoms with E-state index in [0.29, 0.717) is 5.25 Å². The first-order valence-corrected chi connectivity index (χ1v) is 6.40. The molecule has 0 nitrogen and oxygen atoms in total. The van der Waals surface area contributed by atoms with Gasteiger partial charge < -0.3 is 0 Å². The van der Waals surface area contributed by atoms with Crippen LogP contribution in [0.1, 0.15) is 32.6 Å². The van der Waals surface area contributed by atoms with Gasteiger partial charge in [0.15, 0.2) is 0 Å². The standard InChI is InChI=1S/C9H20S3/c1-8(12)9(4-2-6-10)5-3-7-11/h8-12H,2-7H2,1H3. The maximum Gasteiger partial charge on any atom is 0.00167 e. The Kier molecular flexibility index (Phi) is 9.40. The second-order valence-electron chi connectivity index (χ2n) is 3.23. The van der Waals surface area contributed by atoms with E-state index in [1.807, 2.05) is 0 Å². The molecule has 1 unspecified atom stereocenters. The van der Waals surface area contributed by atoms with Crippen LogP contribution in [0.4, 0.5) is 0 Å². The van der Waals surface area contributed by atoms with Crippen molar-refractivity contribution >= 4 is 37.9 Å². The zero-order valence-electron chi connectivity index (χ0n) is 7.74. The average molecular weight is 224 g/mol. The Morgan fingerprint density at radius 2 is 1.42 bits per heavy atom. The van der Waals surface area contributed by atoms with E-state index in [2.05, 4.69) is 44.8 Å². The van der Waals surface area contributed by atoms with Crippen molar-refractivity contribution in [3.63, 3.8) is 0 Å². The molecule has 0 radical (unpaired) electrons. The van der Waals surface area contributed by atoms with Crippen molar-refractivity contribution in [2.75, 3.05) is 11.5 Å². The summed E-state index contributed by atoms with van der Waals surface area (Å²) in [5.74, 6) is 2.75. The van der Waals surface area contributed by atoms with Crippen molar-refractivity contribution in [1.29, 1.82) is 0 Å². The Bertz CT molecular complexity index is 85.8. The van der Waals surface area contributed by atoms with Crippen LogP contribution >= 0.6 is 37.9 Å². The largest absolute Gasteiger partial charge is 0.179 e. The normalized spacial score (nSPS) is 13.8. The molecule has 0 rings (SSSR count). The molecule has 1 atom stereocenters. The summed E-state index contributed by atoms with van der Waals surface area (Å²) < 4.78 is 0. The zero-order chi connectivity index (χ0) is 9.40. The highest BCUT2D eigenvalue weighted by atomic mass is 32.1. The fraction of sp³-hybridized carbons (Fsp3) is 1.00. The fourth-order valence-corrected chi connectivity index (χ4v) is 2.00. The van der Waals surface area contributed by atoms with Crippen molar-refractivity contribution in [3.05, 3.63) is 0 Å². The van der Waals surface area contributed by atoms with E-state index in [-0.39, 0.29) is 0 Å². The molecule has 0 fully saturated rings. The molecule has 0 aliphatic rings. The molecule has 0 saturated carbocycles. The maximum absolute atomic E-state index is 4.49. The molecule has 0 aromatic heterocycles. The molecule has 0 N–H and O–H groups in total. The van der Waals surface area contributed by atoms with E-state index in [4.69, 9.17) is 0 Å². The third-order valence-electron chi connectivity index (χ3n) is 2.15. The molecule has 3 heteroatoms. The molecule has 0 heterocycles. The van der Waals surface area contributed by atoms with E-state index in [1.165, 1.54) is 25.7 Å². The van der Waals surface area contributed by atoms with Crippen molar-refractivity contribution in [1.82, 2.24) is 0 Å². The topological polar surface area (TPSA) is 0 Å². The predicted molar refractivity (Wildman–Crippen MR) is 68.1 cm³/mol. The van der Waals surface area contributed by atoms with Crippen LogP contribution in [0.15, 0.2) is 0 Å². The monoisotopic (exact) mass is 224 g/mol. The van der Waals surface area contributed by atoms with Crippen molar-refractivity contribution in [2.24, 2.45) is 5.92 Å². The zero-order valence-corrected chi connectivity index (χ0v) is 10.4. The second kappa shape index (κ2) is 8.64. The highest BCUT2D eigenvalue weighted by molar-refractivity contribution is 7.81. The minimum absolute atomic E-state index is 0.518. The molecule has 12 heavy (non-hydrogen) atoms. The van der Waals surface area contributed by atoms with Crippen molar-refractivity contribution in [2.45, 2.75) is 37.9 Å². The minimum atomic E-state index is 0.518. The minimum Gasteiger partial charge on any atom is -0.179 e. The number of hydrogen-bond acceptors (Lipinski definition) is 3. The third-order valence-corrected chi connectivity index (χ3v) is 3.20. The highest BCUT2D eigenvalue weighted by Gasteiger charge is 2.12. The Balaban J connectivity index is 3.55. The molecule has 0 aromatic rings. The number of thiol groups is 3. The molecule has 0 aliphatic carbocycles. The summed E-state index contributed by atoms with van der Waals surface area (Å²) >= 11 is 12.9. The lowest BCUT2D eigenvalue weighted by Gasteiger charge is -2.19. The van der Waals surface area contributed by atoms with Gasteiger partial charge in [-0.1, -0.05) is 6.92 Å². The van der Waals surface area contributed by atoms with Gasteiger partial charge in [-0.3, -0.25) is 0 Å². The van der Waals surface area contributed by atoms with E-state index in [9.17, 15) is 0 Å². The van der Waals surface area contributed by atoms with Gasteiger partial charge in [-0.15, -0.1) is 0 Å². The molecule has 74 valence electrons. The van der Waals surface area contributed by atoms with Gasteiger partial charge in [0.1, 0.15) is 0 Å². The van der Waals surface area contributed by atoms with Gasteiger partial charge in [-0.25, -0.2) is 0 Å². The Hall–Kier alpha value is 1.05. The molecule has 0 saturated heterocycles. The van der Waals surface area contributed by atoms with Crippen LogP contribution < -0.4 is 0 Å². The second-order valence-corrected chi connectivity index (χ2v) is 4.94. The van der Waals surface area contributed by atoms with Crippen LogP contribution in [-0.4, -0.2) is 16.8 Å². The first-order chi connectivity index (χ1) is 5.72. The van der Waals surface area contributed by atoms with E-state index < -0.39 is 0 Å². The summed E-state index contributed by atoms with van der Waals surface area (Å²) in [6.45, 7) is 2.19. The van der Waals surface area contributed by atoms with E-state index in [0.717, 1.165) is 17.4 Å². The highest BCUT2D eigenvalue weighted by Crippen LogP contribution is 2.21. The van der Waals surface area contributed by atoms with Gasteiger partial charge in [-0.2, -0.15) is 37.9 Å². The molecule has 0 aromatic carbocycles. The smallest absolute Gasteiger partial charge is 0.00167 e. The summed E-state index contributed by atoms with van der Waals surface area (Å²) in [7, 11) is 0. The molecule has 0 aliphatic heterocycles. The SMILES string of the molecule is CC(S)C(CCCS)CCCS. The van der Waals surface area contributed by atoms with Gasteiger partial charge in [0.25, 0.3) is 0 Å². The van der Waals surface area contributed by atoms with Crippen molar-refractivity contribution in [3.8, 4) is 0 Å². The van der Waals surface area contributed by atoms with Gasteiger partial charge in [-0.05, 0) is 43.1 Å². The fourth-order valence-electron chi connectivity index (χ4n) is 1.33. The van der Waals surface area contributed by atoms with Crippen molar-refractivity contribution < 1.29 is 0 Å². The quantitative estimate of drug-likeness (QED) is 0.543. The van der Waals surface area contributed by atoms with Crippen LogP contribution in [0.3, 0.4) is 0 Å². The molecular formula is C9H20S3. The van der Waals surface area contributed by atoms with Gasteiger partial charge in [0.05, 0.1) is 0 Å². The first-order valence-electron chi connectivity index (χ1n) is 4.62. The third kappa shape index (κ3) is 6.55. The lowest BCUT2D eigenvalue weighted by atomic mass is 9.95. The molecule has 0 bridgehead atoms. The maximum atomic E-state index is 4.49. The molecule has 0 amide bonds. The van der Waals surface area contributed by atoms with Crippen LogP contribution in [0.25, 0.3) is 0 Å². The number of hydrogen-bond donors (Lipinski definition) is 3. The van der Waals surface area contributed by atoms with Gasteiger partial charge in [0.2, 0.25) is 0 Å². The molecule has 0 spiro atoms. The lowest BCUT2D eigenvalue weighted by Crippen LogP contribution is -2.12. The molecular weight excluding hydrogens is 204 g/mol. The summed E-state index contributed by atoms with van der Waals surface area (Å²) in [5, 5.41) is 0.518. The van der Waals surface area contributed by atoms with Crippen LogP contribution in [0.5, 0.6) is 0 Å². The predicted octanol–water partition coefficient (Wildman–Crippen LogP) is 3.34. The van der Waals surface area contributed by atoms with E-state index in [1.54, 1.807) is 0 Å². The summed E-state index contributed by atoms with van der Waals surface area (Å²) in [6.07, 6.45) is 4.96. The first kappa shape index (κ1) is 13.1. The van der Waals surface area contributed by atoms with Crippen LogP contribution in [0.2, 0.25) is 0 Å². The average Bonchev–Trinajstić information content (AvgIpc) is 2.04. The summed E-state index contributed by atoms with van der Waals surface area (Å²) in [6, 6.07) is 0. The lowest BCUT2D eigenvalue weighted by molar-refractivity contribution is 0.442. The van der Waals surface area contributed by atoms with E-state index >= 15 is 0 Å². The summed E-state index contributed by atoms with van der Waals surface area (Å²) in [4.78, 5) is 0. The number of rotatable bonds is 7. The Labute approximate surface area is 93.1 Å². The van der Waals surface area contributed by atoms with Gasteiger partial charge in [0, 0.05) is 5.25 Å². The van der Waals surface area contributed by atoms with Gasteiger partial charge >= 0.3 is 0 Å². The Morgan fingerprint density at radius 1 is 1.00 bits per heavy atom. The van der Waals surface area contributed by atoms with Crippen LogP contribution in [0, 0.1) is 5.92 Å². The Morgan fingerprint density at radius 3 is 1.67 bits per heavy atom.